The van der Waals surface area contributed by atoms with Crippen LogP contribution in [0.4, 0.5) is 0 Å². The first-order valence-electron chi connectivity index (χ1n) is 10.6. The maximum atomic E-state index is 2.30. The van der Waals surface area contributed by atoms with Crippen molar-refractivity contribution in [2.45, 2.75) is 13.8 Å². The van der Waals surface area contributed by atoms with Gasteiger partial charge in [0, 0.05) is 0 Å². The Morgan fingerprint density at radius 2 is 0.833 bits per heavy atom. The Labute approximate surface area is 177 Å². The summed E-state index contributed by atoms with van der Waals surface area (Å²) in [4.78, 5) is 0. The van der Waals surface area contributed by atoms with E-state index in [1.54, 1.807) is 0 Å². The molecule has 0 aromatic heterocycles. The average Bonchev–Trinajstić information content (AvgIpc) is 3.14. The van der Waals surface area contributed by atoms with Crippen LogP contribution in [0.15, 0.2) is 97.1 Å². The van der Waals surface area contributed by atoms with Crippen LogP contribution >= 0.6 is 0 Å². The molecule has 0 unspecified atom stereocenters. The normalized spacial score (nSPS) is 11.7. The van der Waals surface area contributed by atoms with Crippen molar-refractivity contribution in [3.63, 3.8) is 0 Å². The lowest BCUT2D eigenvalue weighted by atomic mass is 9.81. The number of hydrogen-bond donors (Lipinski definition) is 0. The summed E-state index contributed by atoms with van der Waals surface area (Å²) in [5, 5.41) is 2.72. The van der Waals surface area contributed by atoms with Crippen LogP contribution in [0.5, 0.6) is 0 Å². The van der Waals surface area contributed by atoms with Crippen LogP contribution < -0.4 is 0 Å². The highest BCUT2D eigenvalue weighted by molar-refractivity contribution is 6.18. The van der Waals surface area contributed by atoms with E-state index in [-0.39, 0.29) is 0 Å². The van der Waals surface area contributed by atoms with Crippen LogP contribution in [0, 0.1) is 13.8 Å². The van der Waals surface area contributed by atoms with Gasteiger partial charge >= 0.3 is 0 Å². The van der Waals surface area contributed by atoms with Crippen LogP contribution in [0.25, 0.3) is 55.3 Å². The minimum absolute atomic E-state index is 1.28. The lowest BCUT2D eigenvalue weighted by molar-refractivity contribution is 1.40. The van der Waals surface area contributed by atoms with E-state index in [1.807, 2.05) is 0 Å². The summed E-state index contributed by atoms with van der Waals surface area (Å²) in [6.07, 6.45) is 0. The molecule has 0 amide bonds. The smallest absolute Gasteiger partial charge is 0.00262 e. The van der Waals surface area contributed by atoms with Crippen molar-refractivity contribution in [2.75, 3.05) is 0 Å². The fraction of sp³-hybridized carbons (Fsp3) is 0.0667. The number of rotatable bonds is 2. The van der Waals surface area contributed by atoms with E-state index >= 15 is 0 Å². The van der Waals surface area contributed by atoms with Crippen molar-refractivity contribution in [3.8, 4) is 44.5 Å². The van der Waals surface area contributed by atoms with E-state index in [1.165, 1.54) is 66.4 Å². The molecule has 0 bridgehead atoms. The fourth-order valence-corrected chi connectivity index (χ4v) is 5.36. The topological polar surface area (TPSA) is 0 Å². The molecule has 5 aromatic rings. The van der Waals surface area contributed by atoms with Crippen molar-refractivity contribution in [2.24, 2.45) is 0 Å². The minimum Gasteiger partial charge on any atom is -0.0622 e. The van der Waals surface area contributed by atoms with Gasteiger partial charge in [0.05, 0.1) is 0 Å². The average molecular weight is 383 g/mol. The third-order valence-corrected chi connectivity index (χ3v) is 6.57. The summed E-state index contributed by atoms with van der Waals surface area (Å²) in [7, 11) is 0. The molecular formula is C30H22. The quantitative estimate of drug-likeness (QED) is 0.282. The molecule has 0 saturated heterocycles. The van der Waals surface area contributed by atoms with E-state index in [0.29, 0.717) is 0 Å². The van der Waals surface area contributed by atoms with Gasteiger partial charge in [-0.1, -0.05) is 97.1 Å². The molecule has 0 aliphatic heterocycles. The maximum Gasteiger partial charge on any atom is -0.00262 e. The highest BCUT2D eigenvalue weighted by Crippen LogP contribution is 2.54. The van der Waals surface area contributed by atoms with Gasteiger partial charge in [-0.2, -0.15) is 0 Å². The molecule has 142 valence electrons. The molecule has 0 nitrogen and oxygen atoms in total. The second-order valence-corrected chi connectivity index (χ2v) is 8.19. The standard InChI is InChI=1S/C30H22/c1-19-26(21-11-5-3-6-12-21)27(22-13-7-4-8-14-22)20(2)29-25-18-10-16-23-15-9-17-24(28(19)29)30(23)25/h3-18H,1-2H3. The number of benzene rings is 5. The summed E-state index contributed by atoms with van der Waals surface area (Å²) >= 11 is 0. The highest BCUT2D eigenvalue weighted by atomic mass is 14.3. The van der Waals surface area contributed by atoms with Gasteiger partial charge in [0.2, 0.25) is 0 Å². The van der Waals surface area contributed by atoms with Gasteiger partial charge in [0.25, 0.3) is 0 Å². The summed E-state index contributed by atoms with van der Waals surface area (Å²) in [5.74, 6) is 0. The van der Waals surface area contributed by atoms with Crippen LogP contribution in [0.1, 0.15) is 11.1 Å². The first-order chi connectivity index (χ1) is 14.8. The van der Waals surface area contributed by atoms with Crippen LogP contribution in [-0.2, 0) is 0 Å². The van der Waals surface area contributed by atoms with Crippen molar-refractivity contribution in [3.05, 3.63) is 108 Å². The SMILES string of the molecule is Cc1c(-c2ccccc2)c(-c2ccccc2)c(C)c2c1-c1cccc3cccc-2c13. The molecule has 5 aromatic carbocycles. The second kappa shape index (κ2) is 6.43. The Bertz CT molecular complexity index is 1320. The molecule has 0 N–H and O–H groups in total. The number of hydrogen-bond acceptors (Lipinski definition) is 0. The minimum atomic E-state index is 1.28. The maximum absolute atomic E-state index is 2.30. The van der Waals surface area contributed by atoms with Gasteiger partial charge in [-0.15, -0.1) is 0 Å². The summed E-state index contributed by atoms with van der Waals surface area (Å²) in [5.41, 5.74) is 13.5. The Kier molecular flexibility index (Phi) is 3.70. The zero-order valence-corrected chi connectivity index (χ0v) is 17.2. The van der Waals surface area contributed by atoms with Gasteiger partial charge in [0.15, 0.2) is 0 Å². The van der Waals surface area contributed by atoms with Gasteiger partial charge in [-0.05, 0) is 80.3 Å². The Morgan fingerprint density at radius 3 is 1.27 bits per heavy atom. The second-order valence-electron chi connectivity index (χ2n) is 8.19. The van der Waals surface area contributed by atoms with E-state index in [2.05, 4.69) is 111 Å². The third-order valence-electron chi connectivity index (χ3n) is 6.57. The van der Waals surface area contributed by atoms with Gasteiger partial charge in [-0.25, -0.2) is 0 Å². The Morgan fingerprint density at radius 1 is 0.400 bits per heavy atom. The number of fused-ring (bicyclic) bond motifs is 3. The molecule has 0 heterocycles. The predicted molar refractivity (Wildman–Crippen MR) is 129 cm³/mol. The predicted octanol–water partition coefficient (Wildman–Crippen LogP) is 8.44. The van der Waals surface area contributed by atoms with E-state index < -0.39 is 0 Å². The summed E-state index contributed by atoms with van der Waals surface area (Å²) < 4.78 is 0. The zero-order chi connectivity index (χ0) is 20.2. The monoisotopic (exact) mass is 382 g/mol. The first kappa shape index (κ1) is 17.2. The Balaban J connectivity index is 1.82. The van der Waals surface area contributed by atoms with Gasteiger partial charge in [0.1, 0.15) is 0 Å². The van der Waals surface area contributed by atoms with Crippen molar-refractivity contribution < 1.29 is 0 Å². The molecule has 6 rings (SSSR count). The molecule has 0 spiro atoms. The molecule has 1 aliphatic rings. The lowest BCUT2D eigenvalue weighted by Gasteiger charge is -2.22. The van der Waals surface area contributed by atoms with Crippen LogP contribution in [0.3, 0.4) is 0 Å². The van der Waals surface area contributed by atoms with Gasteiger partial charge in [-0.3, -0.25) is 0 Å². The van der Waals surface area contributed by atoms with Crippen molar-refractivity contribution in [1.82, 2.24) is 0 Å². The van der Waals surface area contributed by atoms with Crippen LogP contribution in [-0.4, -0.2) is 0 Å². The zero-order valence-electron chi connectivity index (χ0n) is 17.2. The molecule has 0 fully saturated rings. The third kappa shape index (κ3) is 2.28. The fourth-order valence-electron chi connectivity index (χ4n) is 5.36. The van der Waals surface area contributed by atoms with E-state index in [0.717, 1.165) is 0 Å². The highest BCUT2D eigenvalue weighted by Gasteiger charge is 2.29. The molecule has 1 aliphatic carbocycles. The van der Waals surface area contributed by atoms with Crippen molar-refractivity contribution in [1.29, 1.82) is 0 Å². The van der Waals surface area contributed by atoms with E-state index in [4.69, 9.17) is 0 Å². The molecule has 0 atom stereocenters. The van der Waals surface area contributed by atoms with E-state index in [9.17, 15) is 0 Å². The Hall–Kier alpha value is -3.64. The summed E-state index contributed by atoms with van der Waals surface area (Å²) in [6, 6.07) is 35.1. The van der Waals surface area contributed by atoms with Gasteiger partial charge < -0.3 is 0 Å². The summed E-state index contributed by atoms with van der Waals surface area (Å²) in [6.45, 7) is 4.61. The first-order valence-corrected chi connectivity index (χ1v) is 10.6. The molecule has 0 saturated carbocycles. The van der Waals surface area contributed by atoms with Crippen molar-refractivity contribution >= 4 is 10.8 Å². The van der Waals surface area contributed by atoms with Crippen LogP contribution in [0.2, 0.25) is 0 Å². The lowest BCUT2D eigenvalue weighted by Crippen LogP contribution is -1.98. The molecule has 30 heavy (non-hydrogen) atoms. The largest absolute Gasteiger partial charge is 0.0622 e. The molecule has 0 heteroatoms. The molecule has 0 radical (unpaired) electrons. The molecular weight excluding hydrogens is 360 g/mol.